The van der Waals surface area contributed by atoms with Gasteiger partial charge in [-0.25, -0.2) is 0 Å². The minimum atomic E-state index is 0.698. The van der Waals surface area contributed by atoms with E-state index in [0.29, 0.717) is 4.99 Å². The van der Waals surface area contributed by atoms with Gasteiger partial charge in [0, 0.05) is 11.8 Å². The van der Waals surface area contributed by atoms with Crippen molar-refractivity contribution in [2.45, 2.75) is 0 Å². The zero-order valence-electron chi connectivity index (χ0n) is 8.44. The van der Waals surface area contributed by atoms with E-state index in [-0.39, 0.29) is 0 Å². The van der Waals surface area contributed by atoms with E-state index >= 15 is 0 Å². The van der Waals surface area contributed by atoms with Crippen molar-refractivity contribution in [1.82, 2.24) is 5.32 Å². The topological polar surface area (TPSA) is 12.0 Å². The fraction of sp³-hybridized carbons (Fsp3) is 0. The summed E-state index contributed by atoms with van der Waals surface area (Å²) in [6.45, 7) is 7.36. The van der Waals surface area contributed by atoms with E-state index in [4.69, 9.17) is 12.2 Å². The molecule has 0 heterocycles. The van der Waals surface area contributed by atoms with Gasteiger partial charge in [-0.3, -0.25) is 0 Å². The van der Waals surface area contributed by atoms with Crippen molar-refractivity contribution in [3.05, 3.63) is 73.0 Å². The lowest BCUT2D eigenvalue weighted by atomic mass is 10.2. The molecule has 15 heavy (non-hydrogen) atoms. The first kappa shape index (κ1) is 11.4. The van der Waals surface area contributed by atoms with Crippen LogP contribution in [0.2, 0.25) is 0 Å². The first-order valence-corrected chi connectivity index (χ1v) is 4.98. The van der Waals surface area contributed by atoms with Gasteiger partial charge in [-0.05, 0) is 11.6 Å². The summed E-state index contributed by atoms with van der Waals surface area (Å²) in [5, 5.41) is 3.01. The highest BCUT2D eigenvalue weighted by Gasteiger charge is 1.95. The van der Waals surface area contributed by atoms with E-state index in [9.17, 15) is 0 Å². The SMILES string of the molecule is C=CC(=C)C=CNC(=S)c1ccccc1. The van der Waals surface area contributed by atoms with Gasteiger partial charge in [0.25, 0.3) is 0 Å². The zero-order chi connectivity index (χ0) is 11.1. The molecule has 0 radical (unpaired) electrons. The number of hydrogen-bond acceptors (Lipinski definition) is 1. The number of allylic oxidation sites excluding steroid dienone is 3. The average molecular weight is 215 g/mol. The third-order valence-corrected chi connectivity index (χ3v) is 2.16. The smallest absolute Gasteiger partial charge is 0.110 e. The Morgan fingerprint density at radius 3 is 2.53 bits per heavy atom. The molecule has 0 atom stereocenters. The summed E-state index contributed by atoms with van der Waals surface area (Å²) in [6, 6.07) is 9.80. The summed E-state index contributed by atoms with van der Waals surface area (Å²) in [4.78, 5) is 0.698. The molecule has 0 aliphatic carbocycles. The molecule has 0 fully saturated rings. The second-order valence-corrected chi connectivity index (χ2v) is 3.36. The first-order chi connectivity index (χ1) is 7.24. The van der Waals surface area contributed by atoms with Gasteiger partial charge in [-0.15, -0.1) is 0 Å². The van der Waals surface area contributed by atoms with Crippen LogP contribution in [0.15, 0.2) is 67.4 Å². The Morgan fingerprint density at radius 2 is 1.93 bits per heavy atom. The molecule has 0 aromatic heterocycles. The van der Waals surface area contributed by atoms with Crippen molar-refractivity contribution in [1.29, 1.82) is 0 Å². The number of thiocarbonyl (C=S) groups is 1. The summed E-state index contributed by atoms with van der Waals surface area (Å²) >= 11 is 5.19. The maximum absolute atomic E-state index is 5.19. The molecule has 1 N–H and O–H groups in total. The fourth-order valence-corrected chi connectivity index (χ4v) is 1.17. The van der Waals surface area contributed by atoms with Gasteiger partial charge in [0.15, 0.2) is 0 Å². The van der Waals surface area contributed by atoms with Gasteiger partial charge in [-0.1, -0.05) is 61.8 Å². The fourth-order valence-electron chi connectivity index (χ4n) is 0.965. The van der Waals surface area contributed by atoms with Gasteiger partial charge < -0.3 is 5.32 Å². The predicted octanol–water partition coefficient (Wildman–Crippen LogP) is 3.21. The summed E-state index contributed by atoms with van der Waals surface area (Å²) in [5.41, 5.74) is 1.85. The Hall–Kier alpha value is -1.67. The minimum absolute atomic E-state index is 0.698. The molecule has 1 aromatic rings. The molecule has 1 nitrogen and oxygen atoms in total. The molecule has 0 bridgehead atoms. The maximum Gasteiger partial charge on any atom is 0.110 e. The molecule has 2 heteroatoms. The number of nitrogens with one attached hydrogen (secondary N) is 1. The van der Waals surface area contributed by atoms with Crippen molar-refractivity contribution < 1.29 is 0 Å². The van der Waals surface area contributed by atoms with Crippen molar-refractivity contribution in [3.63, 3.8) is 0 Å². The molecule has 0 spiro atoms. The van der Waals surface area contributed by atoms with Crippen molar-refractivity contribution in [2.24, 2.45) is 0 Å². The van der Waals surface area contributed by atoms with Gasteiger partial charge in [0.05, 0.1) is 0 Å². The Balaban J connectivity index is 2.54. The molecular weight excluding hydrogens is 202 g/mol. The second-order valence-electron chi connectivity index (χ2n) is 2.95. The Kier molecular flexibility index (Phi) is 4.51. The monoisotopic (exact) mass is 215 g/mol. The van der Waals surface area contributed by atoms with Gasteiger partial charge in [-0.2, -0.15) is 0 Å². The molecule has 76 valence electrons. The van der Waals surface area contributed by atoms with Gasteiger partial charge >= 0.3 is 0 Å². The van der Waals surface area contributed by atoms with E-state index < -0.39 is 0 Å². The number of benzene rings is 1. The molecule has 1 rings (SSSR count). The quantitative estimate of drug-likeness (QED) is 0.611. The number of rotatable bonds is 4. The maximum atomic E-state index is 5.19. The minimum Gasteiger partial charge on any atom is -0.352 e. The van der Waals surface area contributed by atoms with Crippen LogP contribution in [0.5, 0.6) is 0 Å². The highest BCUT2D eigenvalue weighted by Crippen LogP contribution is 1.99. The van der Waals surface area contributed by atoms with E-state index in [0.717, 1.165) is 11.1 Å². The zero-order valence-corrected chi connectivity index (χ0v) is 9.26. The van der Waals surface area contributed by atoms with Crippen LogP contribution in [-0.4, -0.2) is 4.99 Å². The molecule has 0 amide bonds. The van der Waals surface area contributed by atoms with Crippen LogP contribution in [0.25, 0.3) is 0 Å². The van der Waals surface area contributed by atoms with Crippen LogP contribution < -0.4 is 5.32 Å². The third-order valence-electron chi connectivity index (χ3n) is 1.81. The van der Waals surface area contributed by atoms with E-state index in [1.165, 1.54) is 0 Å². The lowest BCUT2D eigenvalue weighted by molar-refractivity contribution is 1.30. The summed E-state index contributed by atoms with van der Waals surface area (Å²) in [6.07, 6.45) is 5.27. The Morgan fingerprint density at radius 1 is 1.27 bits per heavy atom. The summed E-state index contributed by atoms with van der Waals surface area (Å²) in [7, 11) is 0. The Bertz CT molecular complexity index is 390. The second kappa shape index (κ2) is 5.94. The van der Waals surface area contributed by atoms with Crippen LogP contribution in [0.1, 0.15) is 5.56 Å². The van der Waals surface area contributed by atoms with Gasteiger partial charge in [0.2, 0.25) is 0 Å². The predicted molar refractivity (Wildman–Crippen MR) is 69.8 cm³/mol. The van der Waals surface area contributed by atoms with Crippen LogP contribution in [0.3, 0.4) is 0 Å². The molecular formula is C13H13NS. The molecule has 1 aromatic carbocycles. The summed E-state index contributed by atoms with van der Waals surface area (Å²) < 4.78 is 0. The van der Waals surface area contributed by atoms with Crippen molar-refractivity contribution >= 4 is 17.2 Å². The van der Waals surface area contributed by atoms with E-state index in [1.807, 2.05) is 36.4 Å². The van der Waals surface area contributed by atoms with Crippen molar-refractivity contribution in [3.8, 4) is 0 Å². The van der Waals surface area contributed by atoms with E-state index in [2.05, 4.69) is 18.5 Å². The number of hydrogen-bond donors (Lipinski definition) is 1. The molecule has 0 saturated heterocycles. The van der Waals surface area contributed by atoms with Crippen LogP contribution in [0, 0.1) is 0 Å². The Labute approximate surface area is 95.8 Å². The standard InChI is InChI=1S/C13H13NS/c1-3-11(2)9-10-14-13(15)12-7-5-4-6-8-12/h3-10H,1-2H2,(H,14,15). The highest BCUT2D eigenvalue weighted by molar-refractivity contribution is 7.80. The largest absolute Gasteiger partial charge is 0.352 e. The normalized spacial score (nSPS) is 9.87. The van der Waals surface area contributed by atoms with Crippen LogP contribution in [0.4, 0.5) is 0 Å². The van der Waals surface area contributed by atoms with Crippen LogP contribution >= 0.6 is 12.2 Å². The average Bonchev–Trinajstić information content (AvgIpc) is 2.29. The van der Waals surface area contributed by atoms with E-state index in [1.54, 1.807) is 12.3 Å². The highest BCUT2D eigenvalue weighted by atomic mass is 32.1. The molecule has 0 saturated carbocycles. The van der Waals surface area contributed by atoms with Crippen molar-refractivity contribution in [2.75, 3.05) is 0 Å². The molecule has 0 unspecified atom stereocenters. The molecule has 0 aliphatic heterocycles. The first-order valence-electron chi connectivity index (χ1n) is 4.58. The molecule has 0 aliphatic rings. The third kappa shape index (κ3) is 3.92. The lowest BCUT2D eigenvalue weighted by Crippen LogP contribution is -2.15. The van der Waals surface area contributed by atoms with Gasteiger partial charge in [0.1, 0.15) is 4.99 Å². The van der Waals surface area contributed by atoms with Crippen LogP contribution in [-0.2, 0) is 0 Å². The summed E-state index contributed by atoms with van der Waals surface area (Å²) in [5.74, 6) is 0. The lowest BCUT2D eigenvalue weighted by Gasteiger charge is -2.02.